The first kappa shape index (κ1) is 7.99. The van der Waals surface area contributed by atoms with Crippen LogP contribution in [0.3, 0.4) is 0 Å². The van der Waals surface area contributed by atoms with Gasteiger partial charge >= 0.3 is 0 Å². The molecule has 0 saturated heterocycles. The monoisotopic (exact) mass is 166 g/mol. The number of carbonyl (C=O) groups excluding carboxylic acids is 1. The van der Waals surface area contributed by atoms with E-state index < -0.39 is 11.5 Å². The van der Waals surface area contributed by atoms with Crippen molar-refractivity contribution in [2.45, 2.75) is 38.2 Å². The molecule has 1 spiro atoms. The van der Waals surface area contributed by atoms with Crippen LogP contribution in [0, 0.1) is 5.41 Å². The second kappa shape index (κ2) is 2.70. The van der Waals surface area contributed by atoms with Crippen LogP contribution in [0.1, 0.15) is 32.1 Å². The highest BCUT2D eigenvalue weighted by Crippen LogP contribution is 2.43. The Morgan fingerprint density at radius 3 is 2.92 bits per heavy atom. The molecule has 1 fully saturated rings. The van der Waals surface area contributed by atoms with E-state index in [0.29, 0.717) is 0 Å². The maximum Gasteiger partial charge on any atom is 0.164 e. The standard InChI is InChI=1S/C10H14O2/c11-8-4-1-2-6-10(8)7-3-5-9(10)12/h3,5,8,11H,1-2,4,6-7H2/t8?,10-/m1/s1. The molecule has 2 atom stereocenters. The predicted molar refractivity (Wildman–Crippen MR) is 45.7 cm³/mol. The Balaban J connectivity index is 2.23. The second-order valence-corrected chi connectivity index (χ2v) is 3.89. The van der Waals surface area contributed by atoms with Crippen LogP contribution in [-0.4, -0.2) is 17.0 Å². The summed E-state index contributed by atoms with van der Waals surface area (Å²) in [6.07, 6.45) is 7.72. The maximum atomic E-state index is 11.5. The maximum absolute atomic E-state index is 11.5. The molecular weight excluding hydrogens is 152 g/mol. The zero-order chi connectivity index (χ0) is 8.60. The Bertz CT molecular complexity index is 232. The van der Waals surface area contributed by atoms with E-state index in [1.807, 2.05) is 6.08 Å². The van der Waals surface area contributed by atoms with Crippen molar-refractivity contribution >= 4 is 5.78 Å². The highest BCUT2D eigenvalue weighted by Gasteiger charge is 2.46. The van der Waals surface area contributed by atoms with Crippen LogP contribution in [0.2, 0.25) is 0 Å². The van der Waals surface area contributed by atoms with Gasteiger partial charge in [-0.05, 0) is 25.3 Å². The van der Waals surface area contributed by atoms with Gasteiger partial charge in [0.05, 0.1) is 11.5 Å². The average molecular weight is 166 g/mol. The zero-order valence-corrected chi connectivity index (χ0v) is 7.12. The van der Waals surface area contributed by atoms with Gasteiger partial charge in [0, 0.05) is 0 Å². The van der Waals surface area contributed by atoms with Gasteiger partial charge in [0.25, 0.3) is 0 Å². The Morgan fingerprint density at radius 1 is 1.50 bits per heavy atom. The fraction of sp³-hybridized carbons (Fsp3) is 0.700. The Kier molecular flexibility index (Phi) is 1.80. The number of aliphatic hydroxyl groups excluding tert-OH is 1. The van der Waals surface area contributed by atoms with E-state index >= 15 is 0 Å². The second-order valence-electron chi connectivity index (χ2n) is 3.89. The number of ketones is 1. The molecule has 2 aliphatic rings. The molecule has 66 valence electrons. The van der Waals surface area contributed by atoms with Gasteiger partial charge in [-0.1, -0.05) is 18.9 Å². The highest BCUT2D eigenvalue weighted by atomic mass is 16.3. The number of hydrogen-bond acceptors (Lipinski definition) is 2. The molecule has 0 amide bonds. The van der Waals surface area contributed by atoms with Crippen molar-refractivity contribution in [3.8, 4) is 0 Å². The Labute approximate surface area is 72.3 Å². The molecule has 0 bridgehead atoms. The van der Waals surface area contributed by atoms with E-state index in [-0.39, 0.29) is 5.78 Å². The quantitative estimate of drug-likeness (QED) is 0.591. The number of carbonyl (C=O) groups is 1. The van der Waals surface area contributed by atoms with Crippen molar-refractivity contribution in [2.24, 2.45) is 5.41 Å². The minimum atomic E-state index is -0.405. The molecule has 1 saturated carbocycles. The number of hydrogen-bond donors (Lipinski definition) is 1. The van der Waals surface area contributed by atoms with Gasteiger partial charge in [-0.15, -0.1) is 0 Å². The third kappa shape index (κ3) is 0.944. The minimum absolute atomic E-state index is 0.148. The van der Waals surface area contributed by atoms with Crippen molar-refractivity contribution in [1.29, 1.82) is 0 Å². The van der Waals surface area contributed by atoms with Crippen LogP contribution in [0.4, 0.5) is 0 Å². The summed E-state index contributed by atoms with van der Waals surface area (Å²) in [6, 6.07) is 0. The minimum Gasteiger partial charge on any atom is -0.392 e. The fourth-order valence-electron chi connectivity index (χ4n) is 2.39. The van der Waals surface area contributed by atoms with Gasteiger partial charge in [-0.25, -0.2) is 0 Å². The predicted octanol–water partition coefficient (Wildman–Crippen LogP) is 1.44. The average Bonchev–Trinajstić information content (AvgIpc) is 2.41. The van der Waals surface area contributed by atoms with E-state index in [4.69, 9.17) is 0 Å². The molecule has 12 heavy (non-hydrogen) atoms. The van der Waals surface area contributed by atoms with E-state index in [2.05, 4.69) is 0 Å². The molecule has 2 heteroatoms. The van der Waals surface area contributed by atoms with Crippen LogP contribution >= 0.6 is 0 Å². The third-order valence-electron chi connectivity index (χ3n) is 3.23. The zero-order valence-electron chi connectivity index (χ0n) is 7.12. The molecule has 2 aliphatic carbocycles. The molecule has 0 aliphatic heterocycles. The molecular formula is C10H14O2. The first-order valence-electron chi connectivity index (χ1n) is 4.65. The summed E-state index contributed by atoms with van der Waals surface area (Å²) < 4.78 is 0. The normalized spacial score (nSPS) is 41.1. The fourth-order valence-corrected chi connectivity index (χ4v) is 2.39. The first-order valence-corrected chi connectivity index (χ1v) is 4.65. The highest BCUT2D eigenvalue weighted by molar-refractivity contribution is 5.97. The van der Waals surface area contributed by atoms with Crippen LogP contribution in [-0.2, 0) is 4.79 Å². The van der Waals surface area contributed by atoms with Crippen molar-refractivity contribution < 1.29 is 9.90 Å². The van der Waals surface area contributed by atoms with Crippen LogP contribution in [0.25, 0.3) is 0 Å². The smallest absolute Gasteiger partial charge is 0.164 e. The van der Waals surface area contributed by atoms with Gasteiger partial charge in [-0.3, -0.25) is 4.79 Å². The Hall–Kier alpha value is -0.630. The van der Waals surface area contributed by atoms with Gasteiger partial charge in [-0.2, -0.15) is 0 Å². The van der Waals surface area contributed by atoms with Gasteiger partial charge in [0.15, 0.2) is 5.78 Å². The van der Waals surface area contributed by atoms with Crippen LogP contribution < -0.4 is 0 Å². The third-order valence-corrected chi connectivity index (χ3v) is 3.23. The summed E-state index contributed by atoms with van der Waals surface area (Å²) in [5, 5.41) is 9.77. The molecule has 0 heterocycles. The lowest BCUT2D eigenvalue weighted by molar-refractivity contribution is -0.132. The molecule has 2 rings (SSSR count). The molecule has 0 aromatic heterocycles. The largest absolute Gasteiger partial charge is 0.392 e. The van der Waals surface area contributed by atoms with Gasteiger partial charge < -0.3 is 5.11 Å². The Morgan fingerprint density at radius 2 is 2.33 bits per heavy atom. The van der Waals surface area contributed by atoms with Gasteiger partial charge in [0.2, 0.25) is 0 Å². The summed E-state index contributed by atoms with van der Waals surface area (Å²) in [6.45, 7) is 0. The lowest BCUT2D eigenvalue weighted by Gasteiger charge is -2.36. The van der Waals surface area contributed by atoms with E-state index in [9.17, 15) is 9.90 Å². The van der Waals surface area contributed by atoms with Crippen LogP contribution in [0.5, 0.6) is 0 Å². The summed E-state index contributed by atoms with van der Waals surface area (Å²) in [5.74, 6) is 0.148. The van der Waals surface area contributed by atoms with Gasteiger partial charge in [0.1, 0.15) is 0 Å². The van der Waals surface area contributed by atoms with E-state index in [0.717, 1.165) is 32.1 Å². The summed E-state index contributed by atoms with van der Waals surface area (Å²) >= 11 is 0. The molecule has 2 nitrogen and oxygen atoms in total. The van der Waals surface area contributed by atoms with Crippen LogP contribution in [0.15, 0.2) is 12.2 Å². The van der Waals surface area contributed by atoms with Crippen molar-refractivity contribution in [2.75, 3.05) is 0 Å². The number of rotatable bonds is 0. The molecule has 0 aromatic carbocycles. The number of aliphatic hydroxyl groups is 1. The van der Waals surface area contributed by atoms with Crippen molar-refractivity contribution in [1.82, 2.24) is 0 Å². The van der Waals surface area contributed by atoms with Crippen molar-refractivity contribution in [3.05, 3.63) is 12.2 Å². The summed E-state index contributed by atoms with van der Waals surface area (Å²) in [4.78, 5) is 11.5. The summed E-state index contributed by atoms with van der Waals surface area (Å²) in [5.41, 5.74) is -0.405. The number of allylic oxidation sites excluding steroid dienone is 2. The lowest BCUT2D eigenvalue weighted by atomic mass is 9.69. The summed E-state index contributed by atoms with van der Waals surface area (Å²) in [7, 11) is 0. The molecule has 1 unspecified atom stereocenters. The molecule has 0 radical (unpaired) electrons. The lowest BCUT2D eigenvalue weighted by Crippen LogP contribution is -2.41. The van der Waals surface area contributed by atoms with Crippen molar-refractivity contribution in [3.63, 3.8) is 0 Å². The topological polar surface area (TPSA) is 37.3 Å². The SMILES string of the molecule is O=C1C=CC[C@@]12CCCCC2O. The van der Waals surface area contributed by atoms with E-state index in [1.54, 1.807) is 6.08 Å². The molecule has 0 aromatic rings. The van der Waals surface area contributed by atoms with E-state index in [1.165, 1.54) is 0 Å². The molecule has 1 N–H and O–H groups in total. The first-order chi connectivity index (χ1) is 5.76.